The third-order valence-electron chi connectivity index (χ3n) is 6.25. The molecule has 12 heteroatoms. The third-order valence-corrected chi connectivity index (χ3v) is 7.32. The van der Waals surface area contributed by atoms with Crippen LogP contribution in [0.5, 0.6) is 5.75 Å². The molecule has 0 bridgehead atoms. The van der Waals surface area contributed by atoms with E-state index in [1.807, 2.05) is 6.08 Å². The zero-order valence-electron chi connectivity index (χ0n) is 21.5. The molecular weight excluding hydrogens is 587 g/mol. The Balaban J connectivity index is 1.34. The maximum atomic E-state index is 15.0. The lowest BCUT2D eigenvalue weighted by atomic mass is 10.0. The summed E-state index contributed by atoms with van der Waals surface area (Å²) >= 11 is 0.439. The highest BCUT2D eigenvalue weighted by Gasteiger charge is 2.39. The van der Waals surface area contributed by atoms with E-state index in [1.54, 1.807) is 0 Å². The highest BCUT2D eigenvalue weighted by molar-refractivity contribution is 7.18. The van der Waals surface area contributed by atoms with E-state index in [2.05, 4.69) is 28.1 Å². The van der Waals surface area contributed by atoms with Crippen molar-refractivity contribution in [3.8, 4) is 28.7 Å². The number of alkyl halides is 2. The number of allylic oxidation sites excluding steroid dienone is 1. The van der Waals surface area contributed by atoms with Gasteiger partial charge in [-0.15, -0.1) is 17.9 Å². The average Bonchev–Trinajstić information content (AvgIpc) is 3.38. The predicted molar refractivity (Wildman–Crippen MR) is 141 cm³/mol. The number of aromatic nitrogens is 1. The van der Waals surface area contributed by atoms with Gasteiger partial charge >= 0.3 is 6.11 Å². The van der Waals surface area contributed by atoms with Crippen LogP contribution < -0.4 is 4.74 Å². The summed E-state index contributed by atoms with van der Waals surface area (Å²) < 4.78 is 115. The molecule has 1 fully saturated rings. The van der Waals surface area contributed by atoms with Crippen LogP contribution in [0.4, 0.5) is 30.7 Å². The maximum Gasteiger partial charge on any atom is 0.454 e. The molecule has 1 saturated heterocycles. The molecule has 218 valence electrons. The van der Waals surface area contributed by atoms with Crippen molar-refractivity contribution in [2.24, 2.45) is 5.92 Å². The van der Waals surface area contributed by atoms with E-state index in [4.69, 9.17) is 9.47 Å². The predicted octanol–water partition coefficient (Wildman–Crippen LogP) is 8.09. The summed E-state index contributed by atoms with van der Waals surface area (Å²) in [6, 6.07) is 6.46. The zero-order valence-corrected chi connectivity index (χ0v) is 22.4. The van der Waals surface area contributed by atoms with E-state index in [-0.39, 0.29) is 39.4 Å². The molecule has 1 aliphatic heterocycles. The minimum atomic E-state index is -4.16. The van der Waals surface area contributed by atoms with Crippen molar-refractivity contribution in [3.63, 3.8) is 0 Å². The highest BCUT2D eigenvalue weighted by Crippen LogP contribution is 2.39. The van der Waals surface area contributed by atoms with Crippen LogP contribution in [0.15, 0.2) is 55.1 Å². The number of fused-ring (bicyclic) bond motifs is 1. The average molecular weight is 608 g/mol. The molecule has 0 atom stereocenters. The van der Waals surface area contributed by atoms with Crippen molar-refractivity contribution in [2.75, 3.05) is 13.2 Å². The summed E-state index contributed by atoms with van der Waals surface area (Å²) in [6.45, 7) is 4.56. The van der Waals surface area contributed by atoms with Gasteiger partial charge < -0.3 is 14.2 Å². The number of rotatable bonds is 7. The van der Waals surface area contributed by atoms with E-state index in [1.165, 1.54) is 18.2 Å². The second kappa shape index (κ2) is 12.1. The molecule has 3 aromatic carbocycles. The first-order valence-corrected chi connectivity index (χ1v) is 13.3. The van der Waals surface area contributed by atoms with Crippen LogP contribution in [-0.4, -0.2) is 24.5 Å². The SMILES string of the molecule is C=CCCC1COC(C#Cc2cc(F)c(-c3ccc4nc(C(F)(F)Oc5cc(F)c(F)c(F)c5)sc4c3)c(F)c2)OC1. The van der Waals surface area contributed by atoms with E-state index < -0.39 is 57.8 Å². The van der Waals surface area contributed by atoms with Crippen LogP contribution in [0.1, 0.15) is 23.4 Å². The van der Waals surface area contributed by atoms with Gasteiger partial charge in [0.15, 0.2) is 17.5 Å². The normalized spacial score (nSPS) is 17.1. The Morgan fingerprint density at radius 2 is 1.64 bits per heavy atom. The molecular formula is C30H20F7NO3S. The molecule has 0 unspecified atom stereocenters. The zero-order chi connectivity index (χ0) is 30.0. The van der Waals surface area contributed by atoms with Crippen LogP contribution in [0.3, 0.4) is 0 Å². The largest absolute Gasteiger partial charge is 0.454 e. The van der Waals surface area contributed by atoms with E-state index in [0.717, 1.165) is 25.0 Å². The van der Waals surface area contributed by atoms with Gasteiger partial charge in [-0.1, -0.05) is 18.1 Å². The Hall–Kier alpha value is -3.92. The molecule has 1 aliphatic rings. The molecule has 5 rings (SSSR count). The van der Waals surface area contributed by atoms with Crippen LogP contribution in [0.25, 0.3) is 21.3 Å². The fourth-order valence-electron chi connectivity index (χ4n) is 4.20. The Morgan fingerprint density at radius 3 is 2.29 bits per heavy atom. The molecule has 0 radical (unpaired) electrons. The number of benzene rings is 3. The van der Waals surface area contributed by atoms with Crippen molar-refractivity contribution in [1.29, 1.82) is 0 Å². The van der Waals surface area contributed by atoms with Gasteiger partial charge in [0.05, 0.1) is 29.0 Å². The number of hydrogen-bond acceptors (Lipinski definition) is 5. The number of thiazole rings is 1. The minimum Gasteiger partial charge on any atom is -0.427 e. The Morgan fingerprint density at radius 1 is 0.976 bits per heavy atom. The van der Waals surface area contributed by atoms with E-state index in [9.17, 15) is 22.0 Å². The Kier molecular flexibility index (Phi) is 8.54. The first-order chi connectivity index (χ1) is 20.0. The van der Waals surface area contributed by atoms with Gasteiger partial charge in [-0.25, -0.2) is 26.9 Å². The molecule has 0 amide bonds. The van der Waals surface area contributed by atoms with Crippen molar-refractivity contribution in [3.05, 3.63) is 94.8 Å². The van der Waals surface area contributed by atoms with Gasteiger partial charge in [-0.3, -0.25) is 0 Å². The smallest absolute Gasteiger partial charge is 0.427 e. The third kappa shape index (κ3) is 6.43. The molecule has 0 aliphatic carbocycles. The fourth-order valence-corrected chi connectivity index (χ4v) is 5.11. The van der Waals surface area contributed by atoms with Crippen LogP contribution in [-0.2, 0) is 15.6 Å². The molecule has 0 N–H and O–H groups in total. The molecule has 2 heterocycles. The molecule has 42 heavy (non-hydrogen) atoms. The summed E-state index contributed by atoms with van der Waals surface area (Å²) in [4.78, 5) is 3.77. The lowest BCUT2D eigenvalue weighted by molar-refractivity contribution is -0.185. The molecule has 0 saturated carbocycles. The summed E-state index contributed by atoms with van der Waals surface area (Å²) in [5.41, 5.74) is -0.265. The number of ether oxygens (including phenoxy) is 3. The second-order valence-electron chi connectivity index (χ2n) is 9.34. The maximum absolute atomic E-state index is 15.0. The van der Waals surface area contributed by atoms with Gasteiger partial charge in [0, 0.05) is 23.6 Å². The molecule has 1 aromatic heterocycles. The summed E-state index contributed by atoms with van der Waals surface area (Å²) in [5.74, 6) is -2.53. The van der Waals surface area contributed by atoms with Crippen LogP contribution in [0.2, 0.25) is 0 Å². The quantitative estimate of drug-likeness (QED) is 0.0922. The lowest BCUT2D eigenvalue weighted by Crippen LogP contribution is -2.31. The lowest BCUT2D eigenvalue weighted by Gasteiger charge is -2.26. The van der Waals surface area contributed by atoms with Crippen LogP contribution in [0, 0.1) is 46.8 Å². The number of halogens is 7. The van der Waals surface area contributed by atoms with Gasteiger partial charge in [0.2, 0.25) is 11.3 Å². The minimum absolute atomic E-state index is 0.0429. The fraction of sp³-hybridized carbons (Fsp3) is 0.233. The first kappa shape index (κ1) is 29.6. The van der Waals surface area contributed by atoms with Crippen LogP contribution >= 0.6 is 11.3 Å². The van der Waals surface area contributed by atoms with Crippen molar-refractivity contribution in [1.82, 2.24) is 4.98 Å². The summed E-state index contributed by atoms with van der Waals surface area (Å²) in [5, 5.41) is -0.898. The van der Waals surface area contributed by atoms with Gasteiger partial charge in [-0.05, 0) is 48.6 Å². The van der Waals surface area contributed by atoms with Crippen molar-refractivity contribution in [2.45, 2.75) is 25.2 Å². The first-order valence-electron chi connectivity index (χ1n) is 12.5. The standard InChI is InChI=1S/C30H20F7NO3S/c1-2-3-4-17-14-39-26(40-15-17)8-5-16-9-20(31)27(21(32)10-16)18-6-7-24-25(11-18)42-29(38-24)30(36,37)41-19-12-22(33)28(35)23(34)13-19/h2,6-7,9-13,17,26H,1,3-4,14-15H2. The molecule has 4 aromatic rings. The van der Waals surface area contributed by atoms with Gasteiger partial charge in [0.25, 0.3) is 0 Å². The van der Waals surface area contributed by atoms with E-state index >= 15 is 8.78 Å². The monoisotopic (exact) mass is 607 g/mol. The Labute approximate surface area is 239 Å². The van der Waals surface area contributed by atoms with Gasteiger partial charge in [0.1, 0.15) is 17.4 Å². The molecule has 4 nitrogen and oxygen atoms in total. The summed E-state index contributed by atoms with van der Waals surface area (Å²) in [6.07, 6.45) is -1.48. The van der Waals surface area contributed by atoms with Crippen molar-refractivity contribution < 1.29 is 44.9 Å². The van der Waals surface area contributed by atoms with E-state index in [0.29, 0.717) is 24.6 Å². The number of hydrogen-bond donors (Lipinski definition) is 0. The second-order valence-corrected chi connectivity index (χ2v) is 10.4. The number of nitrogens with zero attached hydrogens (tertiary/aromatic N) is 1. The summed E-state index contributed by atoms with van der Waals surface area (Å²) in [7, 11) is 0. The molecule has 0 spiro atoms. The Bertz CT molecular complexity index is 1660. The van der Waals surface area contributed by atoms with Crippen molar-refractivity contribution >= 4 is 21.6 Å². The highest BCUT2D eigenvalue weighted by atomic mass is 32.1. The van der Waals surface area contributed by atoms with Gasteiger partial charge in [-0.2, -0.15) is 8.78 Å². The topological polar surface area (TPSA) is 40.6 Å².